The van der Waals surface area contributed by atoms with Gasteiger partial charge in [-0.2, -0.15) is 0 Å². The second kappa shape index (κ2) is 9.52. The standard InChI is InChI=1S/C21H28N4O3/c1-24(2)12-10-22-20(26)21(27)23-14-18(19-8-5-13-28-19)25-11-9-16-6-3-4-7-17(16)15-25/h3-8,13,18H,9-12,14-15H2,1-2H3,(H,22,26)(H,23,27). The first-order valence-electron chi connectivity index (χ1n) is 9.59. The summed E-state index contributed by atoms with van der Waals surface area (Å²) in [4.78, 5) is 28.4. The summed E-state index contributed by atoms with van der Waals surface area (Å²) in [6.45, 7) is 3.08. The molecule has 1 aliphatic rings. The largest absolute Gasteiger partial charge is 0.468 e. The number of likely N-dealkylation sites (N-methyl/N-ethyl adjacent to an activating group) is 1. The number of furan rings is 1. The number of rotatable bonds is 7. The normalized spacial score (nSPS) is 15.1. The number of hydrogen-bond donors (Lipinski definition) is 2. The van der Waals surface area contributed by atoms with E-state index in [2.05, 4.69) is 33.7 Å². The van der Waals surface area contributed by atoms with E-state index in [-0.39, 0.29) is 6.04 Å². The summed E-state index contributed by atoms with van der Waals surface area (Å²) >= 11 is 0. The topological polar surface area (TPSA) is 77.8 Å². The van der Waals surface area contributed by atoms with Gasteiger partial charge in [-0.1, -0.05) is 24.3 Å². The molecule has 2 amide bonds. The van der Waals surface area contributed by atoms with Crippen LogP contribution in [0.1, 0.15) is 22.9 Å². The van der Waals surface area contributed by atoms with Gasteiger partial charge in [-0.25, -0.2) is 0 Å². The second-order valence-electron chi connectivity index (χ2n) is 7.29. The Balaban J connectivity index is 1.61. The summed E-state index contributed by atoms with van der Waals surface area (Å²) in [6, 6.07) is 12.0. The average molecular weight is 384 g/mol. The van der Waals surface area contributed by atoms with E-state index in [1.807, 2.05) is 37.2 Å². The predicted octanol–water partition coefficient (Wildman–Crippen LogP) is 1.17. The molecule has 7 nitrogen and oxygen atoms in total. The van der Waals surface area contributed by atoms with Gasteiger partial charge in [-0.3, -0.25) is 14.5 Å². The zero-order chi connectivity index (χ0) is 19.9. The molecule has 2 aromatic rings. The predicted molar refractivity (Wildman–Crippen MR) is 107 cm³/mol. The van der Waals surface area contributed by atoms with E-state index in [0.717, 1.165) is 25.3 Å². The molecule has 0 spiro atoms. The second-order valence-corrected chi connectivity index (χ2v) is 7.29. The SMILES string of the molecule is CN(C)CCNC(=O)C(=O)NCC(c1ccco1)N1CCc2ccccc2C1. The third kappa shape index (κ3) is 5.21. The fraction of sp³-hybridized carbons (Fsp3) is 0.429. The Morgan fingerprint density at radius 1 is 1.11 bits per heavy atom. The molecule has 1 aliphatic heterocycles. The quantitative estimate of drug-likeness (QED) is 0.701. The van der Waals surface area contributed by atoms with Gasteiger partial charge in [0.15, 0.2) is 0 Å². The van der Waals surface area contributed by atoms with E-state index in [9.17, 15) is 9.59 Å². The molecule has 1 aromatic carbocycles. The van der Waals surface area contributed by atoms with Gasteiger partial charge in [-0.15, -0.1) is 0 Å². The molecule has 7 heteroatoms. The van der Waals surface area contributed by atoms with Crippen molar-refractivity contribution in [3.63, 3.8) is 0 Å². The summed E-state index contributed by atoms with van der Waals surface area (Å²) in [7, 11) is 3.83. The van der Waals surface area contributed by atoms with Crippen LogP contribution in [0.2, 0.25) is 0 Å². The molecule has 2 N–H and O–H groups in total. The van der Waals surface area contributed by atoms with Crippen LogP contribution in [0.15, 0.2) is 47.1 Å². The Bertz CT molecular complexity index is 789. The van der Waals surface area contributed by atoms with Gasteiger partial charge < -0.3 is 20.0 Å². The maximum Gasteiger partial charge on any atom is 0.309 e. The molecule has 0 aliphatic carbocycles. The van der Waals surface area contributed by atoms with E-state index in [1.165, 1.54) is 11.1 Å². The van der Waals surface area contributed by atoms with Gasteiger partial charge in [0.1, 0.15) is 5.76 Å². The van der Waals surface area contributed by atoms with Crippen LogP contribution in [0, 0.1) is 0 Å². The lowest BCUT2D eigenvalue weighted by atomic mass is 9.98. The molecular formula is C21H28N4O3. The van der Waals surface area contributed by atoms with Gasteiger partial charge in [0.2, 0.25) is 0 Å². The maximum atomic E-state index is 12.2. The first-order valence-corrected chi connectivity index (χ1v) is 9.59. The van der Waals surface area contributed by atoms with Crippen LogP contribution >= 0.6 is 0 Å². The molecule has 1 aromatic heterocycles. The number of amides is 2. The van der Waals surface area contributed by atoms with Crippen LogP contribution in [0.4, 0.5) is 0 Å². The highest BCUT2D eigenvalue weighted by Gasteiger charge is 2.27. The first kappa shape index (κ1) is 20.1. The summed E-state index contributed by atoms with van der Waals surface area (Å²) in [5.74, 6) is -0.440. The molecule has 1 atom stereocenters. The van der Waals surface area contributed by atoms with E-state index in [0.29, 0.717) is 19.6 Å². The Kier molecular flexibility index (Phi) is 6.84. The van der Waals surface area contributed by atoms with Gasteiger partial charge in [0.05, 0.1) is 12.3 Å². The number of hydrogen-bond acceptors (Lipinski definition) is 5. The highest BCUT2D eigenvalue weighted by Crippen LogP contribution is 2.27. The van der Waals surface area contributed by atoms with Gasteiger partial charge >= 0.3 is 11.8 Å². The zero-order valence-electron chi connectivity index (χ0n) is 16.5. The Morgan fingerprint density at radius 3 is 2.57 bits per heavy atom. The minimum absolute atomic E-state index is 0.123. The van der Waals surface area contributed by atoms with Crippen molar-refractivity contribution in [2.75, 3.05) is 40.3 Å². The van der Waals surface area contributed by atoms with Crippen molar-refractivity contribution in [3.05, 3.63) is 59.5 Å². The number of nitrogens with one attached hydrogen (secondary N) is 2. The van der Waals surface area contributed by atoms with Crippen LogP contribution < -0.4 is 10.6 Å². The number of nitrogens with zero attached hydrogens (tertiary/aromatic N) is 2. The minimum Gasteiger partial charge on any atom is -0.468 e. The van der Waals surface area contributed by atoms with Crippen LogP contribution in [0.25, 0.3) is 0 Å². The smallest absolute Gasteiger partial charge is 0.309 e. The first-order chi connectivity index (χ1) is 13.5. The molecule has 0 bridgehead atoms. The molecule has 1 unspecified atom stereocenters. The molecule has 2 heterocycles. The number of carbonyl (C=O) groups is 2. The molecule has 0 saturated carbocycles. The highest BCUT2D eigenvalue weighted by molar-refractivity contribution is 6.35. The number of benzene rings is 1. The molecule has 0 saturated heterocycles. The van der Waals surface area contributed by atoms with Crippen molar-refractivity contribution in [3.8, 4) is 0 Å². The average Bonchev–Trinajstić information content (AvgIpc) is 3.22. The fourth-order valence-electron chi connectivity index (χ4n) is 3.42. The van der Waals surface area contributed by atoms with Gasteiger partial charge in [-0.05, 0) is 43.8 Å². The van der Waals surface area contributed by atoms with Crippen LogP contribution in [0.3, 0.4) is 0 Å². The van der Waals surface area contributed by atoms with Crippen molar-refractivity contribution in [1.29, 1.82) is 0 Å². The fourth-order valence-corrected chi connectivity index (χ4v) is 3.42. The lowest BCUT2D eigenvalue weighted by molar-refractivity contribution is -0.139. The van der Waals surface area contributed by atoms with Gasteiger partial charge in [0.25, 0.3) is 0 Å². The highest BCUT2D eigenvalue weighted by atomic mass is 16.3. The van der Waals surface area contributed by atoms with Crippen LogP contribution in [0.5, 0.6) is 0 Å². The summed E-state index contributed by atoms with van der Waals surface area (Å²) < 4.78 is 5.62. The molecule has 3 rings (SSSR count). The van der Waals surface area contributed by atoms with Crippen molar-refractivity contribution >= 4 is 11.8 Å². The van der Waals surface area contributed by atoms with Crippen LogP contribution in [-0.4, -0.2) is 61.9 Å². The molecule has 28 heavy (non-hydrogen) atoms. The summed E-state index contributed by atoms with van der Waals surface area (Å²) in [5, 5.41) is 5.40. The minimum atomic E-state index is -0.618. The molecule has 0 fully saturated rings. The summed E-state index contributed by atoms with van der Waals surface area (Å²) in [5.41, 5.74) is 2.65. The van der Waals surface area contributed by atoms with E-state index in [1.54, 1.807) is 6.26 Å². The zero-order valence-corrected chi connectivity index (χ0v) is 16.5. The van der Waals surface area contributed by atoms with Crippen molar-refractivity contribution in [2.45, 2.75) is 19.0 Å². The number of carbonyl (C=O) groups excluding carboxylic acids is 2. The third-order valence-corrected chi connectivity index (χ3v) is 4.98. The van der Waals surface area contributed by atoms with E-state index < -0.39 is 11.8 Å². The number of fused-ring (bicyclic) bond motifs is 1. The van der Waals surface area contributed by atoms with Crippen molar-refractivity contribution in [1.82, 2.24) is 20.4 Å². The van der Waals surface area contributed by atoms with Gasteiger partial charge in [0, 0.05) is 32.7 Å². The molecular weight excluding hydrogens is 356 g/mol. The van der Waals surface area contributed by atoms with Crippen molar-refractivity contribution < 1.29 is 14.0 Å². The Labute approximate surface area is 165 Å². The van der Waals surface area contributed by atoms with Crippen LogP contribution in [-0.2, 0) is 22.6 Å². The lowest BCUT2D eigenvalue weighted by Gasteiger charge is -2.34. The summed E-state index contributed by atoms with van der Waals surface area (Å²) in [6.07, 6.45) is 2.59. The van der Waals surface area contributed by atoms with E-state index in [4.69, 9.17) is 4.42 Å². The monoisotopic (exact) mass is 384 g/mol. The maximum absolute atomic E-state index is 12.2. The van der Waals surface area contributed by atoms with Crippen molar-refractivity contribution in [2.24, 2.45) is 0 Å². The molecule has 150 valence electrons. The Morgan fingerprint density at radius 2 is 1.86 bits per heavy atom. The third-order valence-electron chi connectivity index (χ3n) is 4.98. The Hall–Kier alpha value is -2.64. The molecule has 0 radical (unpaired) electrons. The lowest BCUT2D eigenvalue weighted by Crippen LogP contribution is -2.46. The van der Waals surface area contributed by atoms with E-state index >= 15 is 0 Å².